The number of unbranched alkanes of at least 4 members (excludes halogenated alkanes) is 2. The molecule has 11 heavy (non-hydrogen) atoms. The van der Waals surface area contributed by atoms with Crippen molar-refractivity contribution >= 4 is 22.0 Å². The lowest BCUT2D eigenvalue weighted by molar-refractivity contribution is 0.522. The van der Waals surface area contributed by atoms with Crippen molar-refractivity contribution in [1.82, 2.24) is 3.82 Å². The van der Waals surface area contributed by atoms with Gasteiger partial charge in [-0.2, -0.15) is 8.42 Å². The minimum atomic E-state index is -3.68. The van der Waals surface area contributed by atoms with Gasteiger partial charge in [0.2, 0.25) is 0 Å². The van der Waals surface area contributed by atoms with Gasteiger partial charge in [-0.15, -0.1) is 3.82 Å². The van der Waals surface area contributed by atoms with Crippen molar-refractivity contribution in [3.05, 3.63) is 0 Å². The van der Waals surface area contributed by atoms with Gasteiger partial charge < -0.3 is 0 Å². The van der Waals surface area contributed by atoms with E-state index >= 15 is 0 Å². The highest BCUT2D eigenvalue weighted by atomic mass is 35.5. The molecule has 0 aromatic carbocycles. The number of hydrogen-bond donors (Lipinski definition) is 1. The summed E-state index contributed by atoms with van der Waals surface area (Å²) in [6.45, 7) is 2.31. The second kappa shape index (κ2) is 4.92. The standard InChI is InChI=1S/C5H13ClN2O2S/c1-2-3-4-5-8(6)11(7,9)10/h2-5H2,1H3,(H2,7,9,10). The van der Waals surface area contributed by atoms with Gasteiger partial charge in [0.15, 0.2) is 0 Å². The van der Waals surface area contributed by atoms with Crippen LogP contribution in [0.25, 0.3) is 0 Å². The van der Waals surface area contributed by atoms with Gasteiger partial charge in [-0.3, -0.25) is 0 Å². The van der Waals surface area contributed by atoms with Crippen molar-refractivity contribution in [2.75, 3.05) is 6.54 Å². The van der Waals surface area contributed by atoms with Crippen LogP contribution in [-0.2, 0) is 10.2 Å². The molecule has 0 fully saturated rings. The van der Waals surface area contributed by atoms with Crippen LogP contribution < -0.4 is 5.14 Å². The molecule has 0 aromatic heterocycles. The first-order valence-electron chi connectivity index (χ1n) is 3.44. The van der Waals surface area contributed by atoms with E-state index in [-0.39, 0.29) is 6.54 Å². The number of rotatable bonds is 5. The van der Waals surface area contributed by atoms with Crippen LogP contribution >= 0.6 is 11.8 Å². The average Bonchev–Trinajstić information content (AvgIpc) is 1.86. The monoisotopic (exact) mass is 200 g/mol. The molecule has 6 heteroatoms. The number of nitrogens with zero attached hydrogens (tertiary/aromatic N) is 1. The van der Waals surface area contributed by atoms with Crippen LogP contribution in [0, 0.1) is 0 Å². The molecule has 0 rings (SSSR count). The minimum Gasteiger partial charge on any atom is -0.215 e. The molecule has 0 aliphatic heterocycles. The summed E-state index contributed by atoms with van der Waals surface area (Å²) in [5.41, 5.74) is 0. The molecule has 0 unspecified atom stereocenters. The first-order chi connectivity index (χ1) is 4.98. The van der Waals surface area contributed by atoms with E-state index in [4.69, 9.17) is 16.9 Å². The van der Waals surface area contributed by atoms with Gasteiger partial charge in [-0.05, 0) is 18.2 Å². The van der Waals surface area contributed by atoms with Crippen LogP contribution in [0.15, 0.2) is 0 Å². The molecule has 0 radical (unpaired) electrons. The third kappa shape index (κ3) is 5.43. The second-order valence-corrected chi connectivity index (χ2v) is 4.34. The quantitative estimate of drug-likeness (QED) is 0.528. The Labute approximate surface area is 72.6 Å². The molecular weight excluding hydrogens is 188 g/mol. The molecule has 0 aliphatic rings. The Kier molecular flexibility index (Phi) is 4.99. The van der Waals surface area contributed by atoms with E-state index in [0.29, 0.717) is 3.82 Å². The maximum absolute atomic E-state index is 10.5. The Morgan fingerprint density at radius 2 is 2.00 bits per heavy atom. The van der Waals surface area contributed by atoms with Gasteiger partial charge in [-0.1, -0.05) is 19.8 Å². The van der Waals surface area contributed by atoms with Crippen molar-refractivity contribution < 1.29 is 8.42 Å². The van der Waals surface area contributed by atoms with Gasteiger partial charge in [0, 0.05) is 6.54 Å². The van der Waals surface area contributed by atoms with Crippen molar-refractivity contribution in [2.45, 2.75) is 26.2 Å². The highest BCUT2D eigenvalue weighted by molar-refractivity contribution is 7.87. The lowest BCUT2D eigenvalue weighted by atomic mass is 10.3. The van der Waals surface area contributed by atoms with Crippen molar-refractivity contribution in [2.24, 2.45) is 5.14 Å². The third-order valence-electron chi connectivity index (χ3n) is 1.21. The largest absolute Gasteiger partial charge is 0.290 e. The Hall–Kier alpha value is 0.160. The van der Waals surface area contributed by atoms with E-state index in [1.54, 1.807) is 0 Å². The van der Waals surface area contributed by atoms with E-state index in [2.05, 4.69) is 0 Å². The Morgan fingerprint density at radius 1 is 1.45 bits per heavy atom. The Morgan fingerprint density at radius 3 is 2.36 bits per heavy atom. The van der Waals surface area contributed by atoms with Crippen LogP contribution in [-0.4, -0.2) is 18.8 Å². The number of hydrogen-bond acceptors (Lipinski definition) is 2. The first-order valence-corrected chi connectivity index (χ1v) is 5.29. The fraction of sp³-hybridized carbons (Fsp3) is 1.00. The van der Waals surface area contributed by atoms with Crippen LogP contribution in [0.2, 0.25) is 0 Å². The molecule has 0 aromatic rings. The zero-order chi connectivity index (χ0) is 8.91. The maximum Gasteiger partial charge on any atom is 0.290 e. The summed E-state index contributed by atoms with van der Waals surface area (Å²) >= 11 is 5.31. The molecule has 2 N–H and O–H groups in total. The molecule has 0 saturated carbocycles. The third-order valence-corrected chi connectivity index (χ3v) is 2.69. The summed E-state index contributed by atoms with van der Waals surface area (Å²) in [5, 5.41) is 4.73. The summed E-state index contributed by atoms with van der Waals surface area (Å²) in [4.78, 5) is 0. The Bertz CT molecular complexity index is 193. The summed E-state index contributed by atoms with van der Waals surface area (Å²) in [7, 11) is -3.68. The van der Waals surface area contributed by atoms with E-state index in [1.165, 1.54) is 0 Å². The van der Waals surface area contributed by atoms with Gasteiger partial charge in [0.1, 0.15) is 0 Å². The number of halogens is 1. The van der Waals surface area contributed by atoms with Crippen molar-refractivity contribution in [3.8, 4) is 0 Å². The molecule has 0 bridgehead atoms. The molecule has 0 spiro atoms. The predicted octanol–water partition coefficient (Wildman–Crippen LogP) is 0.836. The highest BCUT2D eigenvalue weighted by Crippen LogP contribution is 2.03. The molecule has 0 heterocycles. The minimum absolute atomic E-state index is 0.286. The van der Waals surface area contributed by atoms with Gasteiger partial charge in [-0.25, -0.2) is 5.14 Å². The van der Waals surface area contributed by atoms with Crippen molar-refractivity contribution in [3.63, 3.8) is 0 Å². The molecule has 0 saturated heterocycles. The molecule has 68 valence electrons. The van der Waals surface area contributed by atoms with Gasteiger partial charge in [0.25, 0.3) is 10.2 Å². The summed E-state index contributed by atoms with van der Waals surface area (Å²) in [6.07, 6.45) is 2.73. The number of nitrogens with two attached hydrogens (primary N) is 1. The average molecular weight is 201 g/mol. The zero-order valence-corrected chi connectivity index (χ0v) is 8.03. The topological polar surface area (TPSA) is 63.4 Å². The zero-order valence-electron chi connectivity index (χ0n) is 6.46. The second-order valence-electron chi connectivity index (χ2n) is 2.26. The van der Waals surface area contributed by atoms with Crippen LogP contribution in [0.4, 0.5) is 0 Å². The summed E-state index contributed by atoms with van der Waals surface area (Å²) in [5.74, 6) is 0. The van der Waals surface area contributed by atoms with E-state index in [0.717, 1.165) is 19.3 Å². The lowest BCUT2D eigenvalue weighted by Gasteiger charge is -2.08. The summed E-state index contributed by atoms with van der Waals surface area (Å²) < 4.78 is 21.6. The molecule has 0 aliphatic carbocycles. The lowest BCUT2D eigenvalue weighted by Crippen LogP contribution is -2.29. The maximum atomic E-state index is 10.5. The SMILES string of the molecule is CCCCCN(Cl)S(N)(=O)=O. The highest BCUT2D eigenvalue weighted by Gasteiger charge is 2.12. The Balaban J connectivity index is 3.62. The fourth-order valence-corrected chi connectivity index (χ4v) is 1.12. The van der Waals surface area contributed by atoms with Gasteiger partial charge in [0.05, 0.1) is 0 Å². The first kappa shape index (κ1) is 11.2. The van der Waals surface area contributed by atoms with Crippen LogP contribution in [0.1, 0.15) is 26.2 Å². The van der Waals surface area contributed by atoms with E-state index in [1.807, 2.05) is 6.92 Å². The van der Waals surface area contributed by atoms with Gasteiger partial charge >= 0.3 is 0 Å². The normalized spacial score (nSPS) is 12.4. The van der Waals surface area contributed by atoms with E-state index in [9.17, 15) is 8.42 Å². The van der Waals surface area contributed by atoms with E-state index < -0.39 is 10.2 Å². The molecule has 4 nitrogen and oxygen atoms in total. The summed E-state index contributed by atoms with van der Waals surface area (Å²) in [6, 6.07) is 0. The van der Waals surface area contributed by atoms with Crippen LogP contribution in [0.3, 0.4) is 0 Å². The fourth-order valence-electron chi connectivity index (χ4n) is 0.613. The van der Waals surface area contributed by atoms with Crippen molar-refractivity contribution in [1.29, 1.82) is 0 Å². The molecule has 0 amide bonds. The molecular formula is C5H13ClN2O2S. The molecule has 0 atom stereocenters. The predicted molar refractivity (Wildman–Crippen MR) is 45.2 cm³/mol. The van der Waals surface area contributed by atoms with Crippen LogP contribution in [0.5, 0.6) is 0 Å². The smallest absolute Gasteiger partial charge is 0.215 e.